The molecule has 0 spiro atoms. The Balaban J connectivity index is 1.63. The highest BCUT2D eigenvalue weighted by atomic mass is 16.5. The van der Waals surface area contributed by atoms with Crippen molar-refractivity contribution in [1.82, 2.24) is 9.97 Å². The second kappa shape index (κ2) is 8.15. The highest BCUT2D eigenvalue weighted by Gasteiger charge is 2.23. The van der Waals surface area contributed by atoms with Crippen LogP contribution in [0.1, 0.15) is 21.6 Å². The number of aromatic hydroxyl groups is 1. The molecular formula is C26H21N3O3. The van der Waals surface area contributed by atoms with Crippen molar-refractivity contribution < 1.29 is 14.6 Å². The number of aromatic nitrogens is 2. The minimum absolute atomic E-state index is 0.159. The average Bonchev–Trinajstić information content (AvgIpc) is 2.84. The molecule has 32 heavy (non-hydrogen) atoms. The van der Waals surface area contributed by atoms with Gasteiger partial charge >= 0.3 is 0 Å². The Kier molecular flexibility index (Phi) is 5.03. The van der Waals surface area contributed by atoms with Gasteiger partial charge in [-0.05, 0) is 73.0 Å². The monoisotopic (exact) mass is 423 g/mol. The summed E-state index contributed by atoms with van der Waals surface area (Å²) in [5.74, 6) is 1.12. The van der Waals surface area contributed by atoms with Crippen LogP contribution >= 0.6 is 0 Å². The van der Waals surface area contributed by atoms with Crippen molar-refractivity contribution >= 4 is 11.7 Å². The number of hydrogen-bond donors (Lipinski definition) is 2. The number of rotatable bonds is 4. The van der Waals surface area contributed by atoms with Crippen molar-refractivity contribution in [3.8, 4) is 34.0 Å². The second-order valence-electron chi connectivity index (χ2n) is 7.61. The average molecular weight is 423 g/mol. The normalized spacial score (nSPS) is 11.9. The maximum atomic E-state index is 12.9. The van der Waals surface area contributed by atoms with E-state index in [1.165, 1.54) is 0 Å². The van der Waals surface area contributed by atoms with Crippen LogP contribution < -0.4 is 10.1 Å². The van der Waals surface area contributed by atoms with E-state index in [1.807, 2.05) is 36.4 Å². The van der Waals surface area contributed by atoms with E-state index in [1.54, 1.807) is 43.5 Å². The molecule has 1 aliphatic rings. The molecule has 6 heteroatoms. The lowest BCUT2D eigenvalue weighted by molar-refractivity contribution is 0.102. The topological polar surface area (TPSA) is 84.3 Å². The summed E-state index contributed by atoms with van der Waals surface area (Å²) in [6, 6.07) is 21.7. The number of carbonyl (C=O) groups is 1. The number of aryl methyl sites for hydroxylation is 2. The molecule has 0 saturated heterocycles. The summed E-state index contributed by atoms with van der Waals surface area (Å²) in [6.07, 6.45) is 1.53. The molecule has 0 unspecified atom stereocenters. The van der Waals surface area contributed by atoms with Crippen LogP contribution in [0.4, 0.5) is 5.82 Å². The fraction of sp³-hybridized carbons (Fsp3) is 0.115. The van der Waals surface area contributed by atoms with Crippen LogP contribution in [-0.2, 0) is 12.8 Å². The third kappa shape index (κ3) is 3.67. The van der Waals surface area contributed by atoms with E-state index in [-0.39, 0.29) is 11.7 Å². The number of methoxy groups -OCH3 is 1. The van der Waals surface area contributed by atoms with E-state index >= 15 is 0 Å². The summed E-state index contributed by atoms with van der Waals surface area (Å²) < 4.78 is 5.37. The number of phenols is 1. The van der Waals surface area contributed by atoms with Gasteiger partial charge in [0.15, 0.2) is 5.82 Å². The van der Waals surface area contributed by atoms with Crippen LogP contribution in [0.15, 0.2) is 72.8 Å². The van der Waals surface area contributed by atoms with Crippen molar-refractivity contribution in [2.45, 2.75) is 12.8 Å². The van der Waals surface area contributed by atoms with Crippen LogP contribution in [0.3, 0.4) is 0 Å². The number of benzene rings is 3. The number of ether oxygens (including phenoxy) is 1. The zero-order valence-corrected chi connectivity index (χ0v) is 17.5. The molecule has 1 amide bonds. The van der Waals surface area contributed by atoms with E-state index in [0.29, 0.717) is 23.5 Å². The summed E-state index contributed by atoms with van der Waals surface area (Å²) in [5, 5.41) is 12.7. The standard InChI is InChI=1S/C26H21N3O3/c1-32-20-12-13-21-18(15-20)9-14-22-24(21)28-23(16-7-10-19(30)11-8-16)25(27-22)29-26(31)17-5-3-2-4-6-17/h2-8,10-13,15,30H,9,14H2,1H3,(H,27,29,31). The van der Waals surface area contributed by atoms with Gasteiger partial charge in [0.25, 0.3) is 5.91 Å². The van der Waals surface area contributed by atoms with Crippen molar-refractivity contribution in [3.05, 3.63) is 89.6 Å². The number of nitrogens with zero attached hydrogens (tertiary/aromatic N) is 2. The van der Waals surface area contributed by atoms with E-state index in [2.05, 4.69) is 5.32 Å². The van der Waals surface area contributed by atoms with Crippen LogP contribution in [0.2, 0.25) is 0 Å². The predicted octanol–water partition coefficient (Wildman–Crippen LogP) is 4.88. The van der Waals surface area contributed by atoms with E-state index < -0.39 is 0 Å². The van der Waals surface area contributed by atoms with Crippen LogP contribution in [0, 0.1) is 0 Å². The molecule has 0 bridgehead atoms. The number of amides is 1. The third-order valence-electron chi connectivity index (χ3n) is 5.58. The quantitative estimate of drug-likeness (QED) is 0.489. The van der Waals surface area contributed by atoms with Gasteiger partial charge in [-0.15, -0.1) is 0 Å². The number of hydrogen-bond acceptors (Lipinski definition) is 5. The molecule has 0 fully saturated rings. The summed E-state index contributed by atoms with van der Waals surface area (Å²) >= 11 is 0. The predicted molar refractivity (Wildman–Crippen MR) is 123 cm³/mol. The van der Waals surface area contributed by atoms with Gasteiger partial charge in [-0.3, -0.25) is 4.79 Å². The Bertz CT molecular complexity index is 1300. The number of carbonyl (C=O) groups excluding carboxylic acids is 1. The summed E-state index contributed by atoms with van der Waals surface area (Å²) in [7, 11) is 1.66. The molecule has 158 valence electrons. The van der Waals surface area contributed by atoms with Crippen molar-refractivity contribution in [2.24, 2.45) is 0 Å². The third-order valence-corrected chi connectivity index (χ3v) is 5.58. The van der Waals surface area contributed by atoms with Gasteiger partial charge in [0, 0.05) is 16.7 Å². The Morgan fingerprint density at radius 3 is 2.47 bits per heavy atom. The van der Waals surface area contributed by atoms with Crippen molar-refractivity contribution in [2.75, 3.05) is 12.4 Å². The summed E-state index contributed by atoms with van der Waals surface area (Å²) in [4.78, 5) is 22.6. The first kappa shape index (κ1) is 19.8. The first-order chi connectivity index (χ1) is 15.6. The highest BCUT2D eigenvalue weighted by molar-refractivity contribution is 6.05. The number of fused-ring (bicyclic) bond motifs is 3. The van der Waals surface area contributed by atoms with Gasteiger partial charge in [0.1, 0.15) is 17.2 Å². The fourth-order valence-corrected chi connectivity index (χ4v) is 3.93. The molecule has 3 aromatic carbocycles. The molecule has 0 atom stereocenters. The molecule has 5 rings (SSSR count). The maximum absolute atomic E-state index is 12.9. The van der Waals surface area contributed by atoms with Crippen LogP contribution in [0.5, 0.6) is 11.5 Å². The van der Waals surface area contributed by atoms with Gasteiger partial charge in [-0.25, -0.2) is 9.97 Å². The second-order valence-corrected chi connectivity index (χ2v) is 7.61. The molecule has 2 N–H and O–H groups in total. The summed E-state index contributed by atoms with van der Waals surface area (Å²) in [6.45, 7) is 0. The molecule has 1 heterocycles. The first-order valence-corrected chi connectivity index (χ1v) is 10.4. The SMILES string of the molecule is COc1ccc2c(c1)CCc1nc(NC(=O)c3ccccc3)c(-c3ccc(O)cc3)nc1-2. The zero-order chi connectivity index (χ0) is 22.1. The lowest BCUT2D eigenvalue weighted by Gasteiger charge is -2.21. The minimum Gasteiger partial charge on any atom is -0.508 e. The van der Waals surface area contributed by atoms with Gasteiger partial charge in [0.2, 0.25) is 0 Å². The number of nitrogens with one attached hydrogen (secondary N) is 1. The molecule has 0 aliphatic heterocycles. The van der Waals surface area contributed by atoms with Crippen molar-refractivity contribution in [1.29, 1.82) is 0 Å². The molecule has 1 aromatic heterocycles. The van der Waals surface area contributed by atoms with Crippen LogP contribution in [0.25, 0.3) is 22.5 Å². The molecule has 4 aromatic rings. The van der Waals surface area contributed by atoms with Crippen LogP contribution in [-0.4, -0.2) is 28.1 Å². The minimum atomic E-state index is -0.249. The molecule has 6 nitrogen and oxygen atoms in total. The van der Waals surface area contributed by atoms with Gasteiger partial charge in [-0.1, -0.05) is 18.2 Å². The number of anilines is 1. The maximum Gasteiger partial charge on any atom is 0.256 e. The largest absolute Gasteiger partial charge is 0.508 e. The molecule has 0 saturated carbocycles. The molecule has 0 radical (unpaired) electrons. The highest BCUT2D eigenvalue weighted by Crippen LogP contribution is 2.37. The van der Waals surface area contributed by atoms with E-state index in [9.17, 15) is 9.90 Å². The van der Waals surface area contributed by atoms with E-state index in [0.717, 1.165) is 40.2 Å². The Morgan fingerprint density at radius 1 is 0.938 bits per heavy atom. The van der Waals surface area contributed by atoms with E-state index in [4.69, 9.17) is 14.7 Å². The lowest BCUT2D eigenvalue weighted by Crippen LogP contribution is -2.17. The smallest absolute Gasteiger partial charge is 0.256 e. The van der Waals surface area contributed by atoms with Gasteiger partial charge in [0.05, 0.1) is 18.5 Å². The fourth-order valence-electron chi connectivity index (χ4n) is 3.93. The Hall–Kier alpha value is -4.19. The Morgan fingerprint density at radius 2 is 1.72 bits per heavy atom. The van der Waals surface area contributed by atoms with Crippen molar-refractivity contribution in [3.63, 3.8) is 0 Å². The van der Waals surface area contributed by atoms with Gasteiger partial charge < -0.3 is 15.2 Å². The zero-order valence-electron chi connectivity index (χ0n) is 17.5. The summed E-state index contributed by atoms with van der Waals surface area (Å²) in [5.41, 5.74) is 5.66. The van der Waals surface area contributed by atoms with Gasteiger partial charge in [-0.2, -0.15) is 0 Å². The molecule has 1 aliphatic carbocycles. The first-order valence-electron chi connectivity index (χ1n) is 10.4. The number of phenolic OH excluding ortho intramolecular Hbond substituents is 1. The Labute approximate surface area is 185 Å². The molecular weight excluding hydrogens is 402 g/mol. The lowest BCUT2D eigenvalue weighted by atomic mass is 9.91.